The Hall–Kier alpha value is -0.700. The number of nitrogens with zero attached hydrogens (tertiary/aromatic N) is 1. The fourth-order valence-corrected chi connectivity index (χ4v) is 3.40. The van der Waals surface area contributed by atoms with Crippen molar-refractivity contribution in [1.82, 2.24) is 9.71 Å². The van der Waals surface area contributed by atoms with E-state index in [-0.39, 0.29) is 16.8 Å². The zero-order chi connectivity index (χ0) is 12.5. The van der Waals surface area contributed by atoms with E-state index >= 15 is 0 Å². The van der Waals surface area contributed by atoms with E-state index in [0.717, 1.165) is 0 Å². The summed E-state index contributed by atoms with van der Waals surface area (Å²) in [5.41, 5.74) is 5.57. The van der Waals surface area contributed by atoms with Crippen LogP contribution in [-0.2, 0) is 14.8 Å². The number of nitrogens with one attached hydrogen (secondary N) is 1. The molecule has 0 aromatic carbocycles. The highest BCUT2D eigenvalue weighted by molar-refractivity contribution is 9.10. The number of anilines is 1. The summed E-state index contributed by atoms with van der Waals surface area (Å²) in [6.45, 7) is 0.958. The maximum Gasteiger partial charge on any atom is 0.244 e. The SMILES string of the molecule is Nc1ncc(Br)cc1S(=O)(=O)NC1CCOC1. The Morgan fingerprint density at radius 2 is 2.35 bits per heavy atom. The van der Waals surface area contributed by atoms with Crippen molar-refractivity contribution in [3.05, 3.63) is 16.7 Å². The minimum atomic E-state index is -3.64. The van der Waals surface area contributed by atoms with Gasteiger partial charge in [0.25, 0.3) is 0 Å². The predicted molar refractivity (Wildman–Crippen MR) is 65.9 cm³/mol. The Kier molecular flexibility index (Phi) is 3.67. The van der Waals surface area contributed by atoms with Crippen LogP contribution in [0.4, 0.5) is 5.82 Å². The Morgan fingerprint density at radius 3 is 3.00 bits per heavy atom. The molecule has 2 heterocycles. The van der Waals surface area contributed by atoms with Crippen LogP contribution in [0.3, 0.4) is 0 Å². The van der Waals surface area contributed by atoms with Crippen LogP contribution in [0.25, 0.3) is 0 Å². The van der Waals surface area contributed by atoms with Gasteiger partial charge >= 0.3 is 0 Å². The van der Waals surface area contributed by atoms with Crippen molar-refractivity contribution in [1.29, 1.82) is 0 Å². The number of ether oxygens (including phenoxy) is 1. The van der Waals surface area contributed by atoms with Gasteiger partial charge in [0.15, 0.2) is 0 Å². The number of aromatic nitrogens is 1. The molecule has 1 fully saturated rings. The van der Waals surface area contributed by atoms with Gasteiger partial charge in [-0.1, -0.05) is 0 Å². The number of pyridine rings is 1. The number of hydrogen-bond donors (Lipinski definition) is 2. The van der Waals surface area contributed by atoms with Crippen LogP contribution in [0.15, 0.2) is 21.6 Å². The molecule has 1 atom stereocenters. The van der Waals surface area contributed by atoms with E-state index in [1.165, 1.54) is 12.3 Å². The van der Waals surface area contributed by atoms with Crippen molar-refractivity contribution in [3.63, 3.8) is 0 Å². The molecule has 1 aromatic rings. The zero-order valence-corrected chi connectivity index (χ0v) is 11.3. The number of rotatable bonds is 3. The quantitative estimate of drug-likeness (QED) is 0.845. The van der Waals surface area contributed by atoms with Crippen molar-refractivity contribution in [3.8, 4) is 0 Å². The van der Waals surface area contributed by atoms with Crippen LogP contribution >= 0.6 is 15.9 Å². The van der Waals surface area contributed by atoms with Gasteiger partial charge < -0.3 is 10.5 Å². The molecular weight excluding hydrogens is 310 g/mol. The average Bonchev–Trinajstić information content (AvgIpc) is 2.73. The van der Waals surface area contributed by atoms with E-state index in [1.54, 1.807) is 0 Å². The molecule has 1 unspecified atom stereocenters. The molecule has 17 heavy (non-hydrogen) atoms. The molecular formula is C9H12BrN3O3S. The summed E-state index contributed by atoms with van der Waals surface area (Å²) in [4.78, 5) is 3.78. The molecule has 6 nitrogen and oxygen atoms in total. The Balaban J connectivity index is 2.27. The highest BCUT2D eigenvalue weighted by Crippen LogP contribution is 2.21. The topological polar surface area (TPSA) is 94.3 Å². The van der Waals surface area contributed by atoms with E-state index in [1.807, 2.05) is 0 Å². The van der Waals surface area contributed by atoms with Crippen molar-refractivity contribution in [2.45, 2.75) is 17.4 Å². The molecule has 8 heteroatoms. The molecule has 0 spiro atoms. The lowest BCUT2D eigenvalue weighted by Gasteiger charge is -2.12. The van der Waals surface area contributed by atoms with Crippen LogP contribution in [-0.4, -0.2) is 32.7 Å². The molecule has 2 rings (SSSR count). The Bertz CT molecular complexity index is 514. The lowest BCUT2D eigenvalue weighted by atomic mass is 10.3. The van der Waals surface area contributed by atoms with Crippen LogP contribution in [0.5, 0.6) is 0 Å². The van der Waals surface area contributed by atoms with Crippen molar-refractivity contribution >= 4 is 31.8 Å². The van der Waals surface area contributed by atoms with Gasteiger partial charge in [0, 0.05) is 23.3 Å². The maximum atomic E-state index is 12.1. The molecule has 0 amide bonds. The number of nitrogen functional groups attached to an aromatic ring is 1. The molecule has 3 N–H and O–H groups in total. The number of hydrogen-bond acceptors (Lipinski definition) is 5. The van der Waals surface area contributed by atoms with Crippen molar-refractivity contribution < 1.29 is 13.2 Å². The van der Waals surface area contributed by atoms with Crippen LogP contribution in [0.2, 0.25) is 0 Å². The molecule has 0 aliphatic carbocycles. The van der Waals surface area contributed by atoms with E-state index < -0.39 is 10.0 Å². The fraction of sp³-hybridized carbons (Fsp3) is 0.444. The fourth-order valence-electron chi connectivity index (χ4n) is 1.56. The highest BCUT2D eigenvalue weighted by Gasteiger charge is 2.25. The summed E-state index contributed by atoms with van der Waals surface area (Å²) < 4.78 is 32.3. The van der Waals surface area contributed by atoms with Crippen LogP contribution < -0.4 is 10.5 Å². The van der Waals surface area contributed by atoms with Crippen molar-refractivity contribution in [2.24, 2.45) is 0 Å². The number of halogens is 1. The molecule has 1 aliphatic heterocycles. The van der Waals surface area contributed by atoms with Crippen LogP contribution in [0.1, 0.15) is 6.42 Å². The maximum absolute atomic E-state index is 12.1. The molecule has 1 saturated heterocycles. The summed E-state index contributed by atoms with van der Waals surface area (Å²) in [7, 11) is -3.64. The molecule has 1 aromatic heterocycles. The predicted octanol–water partition coefficient (Wildman–Crippen LogP) is 0.494. The third kappa shape index (κ3) is 2.95. The highest BCUT2D eigenvalue weighted by atomic mass is 79.9. The first-order valence-corrected chi connectivity index (χ1v) is 7.28. The second-order valence-electron chi connectivity index (χ2n) is 3.72. The standard InChI is InChI=1S/C9H12BrN3O3S/c10-6-3-8(9(11)12-4-6)17(14,15)13-7-1-2-16-5-7/h3-4,7,13H,1-2,5H2,(H2,11,12). The number of sulfonamides is 1. The minimum absolute atomic E-state index is 0.0142. The Labute approximate surface area is 108 Å². The van der Waals surface area contributed by atoms with Gasteiger partial charge in [-0.25, -0.2) is 18.1 Å². The lowest BCUT2D eigenvalue weighted by Crippen LogP contribution is -2.35. The Morgan fingerprint density at radius 1 is 1.59 bits per heavy atom. The largest absolute Gasteiger partial charge is 0.383 e. The molecule has 0 bridgehead atoms. The average molecular weight is 322 g/mol. The summed E-state index contributed by atoms with van der Waals surface area (Å²) >= 11 is 3.17. The van der Waals surface area contributed by atoms with Crippen LogP contribution in [0, 0.1) is 0 Å². The summed E-state index contributed by atoms with van der Waals surface area (Å²) in [6.07, 6.45) is 2.12. The minimum Gasteiger partial charge on any atom is -0.383 e. The molecule has 0 saturated carbocycles. The van der Waals surface area contributed by atoms with Gasteiger partial charge in [-0.05, 0) is 28.4 Å². The van der Waals surface area contributed by atoms with E-state index in [9.17, 15) is 8.42 Å². The normalized spacial score (nSPS) is 20.6. The first kappa shape index (κ1) is 12.7. The summed E-state index contributed by atoms with van der Waals surface area (Å²) in [5.74, 6) is -0.0142. The van der Waals surface area contributed by atoms with Gasteiger partial charge in [0.2, 0.25) is 10.0 Å². The van der Waals surface area contributed by atoms with E-state index in [4.69, 9.17) is 10.5 Å². The van der Waals surface area contributed by atoms with E-state index in [2.05, 4.69) is 25.6 Å². The molecule has 0 radical (unpaired) electrons. The van der Waals surface area contributed by atoms with Gasteiger partial charge in [0.05, 0.1) is 6.61 Å². The summed E-state index contributed by atoms with van der Waals surface area (Å²) in [6, 6.07) is 1.24. The third-order valence-corrected chi connectivity index (χ3v) is 4.37. The first-order chi connectivity index (χ1) is 7.99. The molecule has 1 aliphatic rings. The molecule has 94 valence electrons. The van der Waals surface area contributed by atoms with Gasteiger partial charge in [-0.2, -0.15) is 0 Å². The van der Waals surface area contributed by atoms with Gasteiger partial charge in [-0.3, -0.25) is 0 Å². The summed E-state index contributed by atoms with van der Waals surface area (Å²) in [5, 5.41) is 0. The van der Waals surface area contributed by atoms with Crippen molar-refractivity contribution in [2.75, 3.05) is 18.9 Å². The van der Waals surface area contributed by atoms with Gasteiger partial charge in [0.1, 0.15) is 10.7 Å². The number of nitrogens with two attached hydrogens (primary N) is 1. The first-order valence-electron chi connectivity index (χ1n) is 5.00. The lowest BCUT2D eigenvalue weighted by molar-refractivity contribution is 0.192. The smallest absolute Gasteiger partial charge is 0.244 e. The second-order valence-corrected chi connectivity index (χ2v) is 6.32. The second kappa shape index (κ2) is 4.89. The monoisotopic (exact) mass is 321 g/mol. The third-order valence-electron chi connectivity index (χ3n) is 2.39. The van der Waals surface area contributed by atoms with Gasteiger partial charge in [-0.15, -0.1) is 0 Å². The van der Waals surface area contributed by atoms with E-state index in [0.29, 0.717) is 24.1 Å². The zero-order valence-electron chi connectivity index (χ0n) is 8.89.